The quantitative estimate of drug-likeness (QED) is 0.859. The number of carbonyl (C=O) groups excluding carboxylic acids is 3. The molecule has 124 valence electrons. The molecule has 2 amide bonds. The SMILES string of the molecule is CC(=O)c1cccc(N(CC(=O)Nc2ccc(C)cc2)C(C)=O)c1. The predicted octanol–water partition coefficient (Wildman–Crippen LogP) is 3.19. The molecular weight excluding hydrogens is 304 g/mol. The lowest BCUT2D eigenvalue weighted by Crippen LogP contribution is -2.36. The smallest absolute Gasteiger partial charge is 0.244 e. The first-order valence-corrected chi connectivity index (χ1v) is 7.62. The molecule has 0 saturated carbocycles. The van der Waals surface area contributed by atoms with Gasteiger partial charge in [-0.3, -0.25) is 14.4 Å². The van der Waals surface area contributed by atoms with Gasteiger partial charge in [-0.15, -0.1) is 0 Å². The molecule has 0 aliphatic heterocycles. The Kier molecular flexibility index (Phi) is 5.47. The number of hydrogen-bond donors (Lipinski definition) is 1. The molecule has 0 aliphatic rings. The Morgan fingerprint density at radius 3 is 2.25 bits per heavy atom. The topological polar surface area (TPSA) is 66.5 Å². The van der Waals surface area contributed by atoms with Crippen molar-refractivity contribution in [1.82, 2.24) is 0 Å². The lowest BCUT2D eigenvalue weighted by atomic mass is 10.1. The number of amides is 2. The summed E-state index contributed by atoms with van der Waals surface area (Å²) >= 11 is 0. The zero-order valence-electron chi connectivity index (χ0n) is 14.0. The summed E-state index contributed by atoms with van der Waals surface area (Å²) < 4.78 is 0. The lowest BCUT2D eigenvalue weighted by molar-refractivity contribution is -0.120. The fourth-order valence-electron chi connectivity index (χ4n) is 2.26. The monoisotopic (exact) mass is 324 g/mol. The molecular formula is C19H20N2O3. The van der Waals surface area contributed by atoms with E-state index in [1.807, 2.05) is 31.2 Å². The highest BCUT2D eigenvalue weighted by molar-refractivity contribution is 6.03. The van der Waals surface area contributed by atoms with Crippen molar-refractivity contribution < 1.29 is 14.4 Å². The third-order valence-corrected chi connectivity index (χ3v) is 3.58. The first kappa shape index (κ1) is 17.4. The molecule has 0 bridgehead atoms. The highest BCUT2D eigenvalue weighted by atomic mass is 16.2. The summed E-state index contributed by atoms with van der Waals surface area (Å²) in [7, 11) is 0. The first-order chi connectivity index (χ1) is 11.4. The Labute approximate surface area is 141 Å². The summed E-state index contributed by atoms with van der Waals surface area (Å²) in [5.41, 5.74) is 2.79. The third-order valence-electron chi connectivity index (χ3n) is 3.58. The van der Waals surface area contributed by atoms with Crippen molar-refractivity contribution in [3.05, 3.63) is 59.7 Å². The van der Waals surface area contributed by atoms with Gasteiger partial charge >= 0.3 is 0 Å². The summed E-state index contributed by atoms with van der Waals surface area (Å²) in [6.07, 6.45) is 0. The largest absolute Gasteiger partial charge is 0.325 e. The van der Waals surface area contributed by atoms with E-state index in [2.05, 4.69) is 5.32 Å². The highest BCUT2D eigenvalue weighted by Gasteiger charge is 2.16. The van der Waals surface area contributed by atoms with Gasteiger partial charge in [0, 0.05) is 23.9 Å². The summed E-state index contributed by atoms with van der Waals surface area (Å²) in [5, 5.41) is 2.76. The van der Waals surface area contributed by atoms with Crippen molar-refractivity contribution in [2.45, 2.75) is 20.8 Å². The summed E-state index contributed by atoms with van der Waals surface area (Å²) in [5.74, 6) is -0.665. The second kappa shape index (κ2) is 7.55. The molecule has 2 aromatic rings. The van der Waals surface area contributed by atoms with E-state index in [9.17, 15) is 14.4 Å². The minimum absolute atomic E-state index is 0.0931. The zero-order chi connectivity index (χ0) is 17.7. The molecule has 0 unspecified atom stereocenters. The number of ketones is 1. The van der Waals surface area contributed by atoms with Crippen LogP contribution in [-0.2, 0) is 9.59 Å². The number of Topliss-reactive ketones (excluding diaryl/α,β-unsaturated/α-hetero) is 1. The van der Waals surface area contributed by atoms with Crippen molar-refractivity contribution in [2.75, 3.05) is 16.8 Å². The van der Waals surface area contributed by atoms with E-state index in [-0.39, 0.29) is 24.1 Å². The predicted molar refractivity (Wildman–Crippen MR) is 94.3 cm³/mol. The number of nitrogens with zero attached hydrogens (tertiary/aromatic N) is 1. The summed E-state index contributed by atoms with van der Waals surface area (Å²) in [6, 6.07) is 14.1. The molecule has 0 saturated heterocycles. The van der Waals surface area contributed by atoms with Gasteiger partial charge in [-0.1, -0.05) is 29.8 Å². The van der Waals surface area contributed by atoms with E-state index in [0.717, 1.165) is 5.56 Å². The van der Waals surface area contributed by atoms with Crippen LogP contribution in [0.2, 0.25) is 0 Å². The van der Waals surface area contributed by atoms with E-state index in [1.165, 1.54) is 18.7 Å². The Morgan fingerprint density at radius 2 is 1.67 bits per heavy atom. The Balaban J connectivity index is 2.15. The fraction of sp³-hybridized carbons (Fsp3) is 0.211. The molecule has 0 spiro atoms. The van der Waals surface area contributed by atoms with Crippen LogP contribution in [0.1, 0.15) is 29.8 Å². The molecule has 0 heterocycles. The normalized spacial score (nSPS) is 10.1. The maximum absolute atomic E-state index is 12.2. The average molecular weight is 324 g/mol. The highest BCUT2D eigenvalue weighted by Crippen LogP contribution is 2.17. The molecule has 0 radical (unpaired) electrons. The number of nitrogens with one attached hydrogen (secondary N) is 1. The molecule has 2 rings (SSSR count). The van der Waals surface area contributed by atoms with Gasteiger partial charge in [0.05, 0.1) is 0 Å². The van der Waals surface area contributed by atoms with Crippen molar-refractivity contribution >= 4 is 29.0 Å². The number of benzene rings is 2. The van der Waals surface area contributed by atoms with Crippen LogP contribution in [0.25, 0.3) is 0 Å². The van der Waals surface area contributed by atoms with Crippen LogP contribution < -0.4 is 10.2 Å². The van der Waals surface area contributed by atoms with Gasteiger partial charge in [-0.2, -0.15) is 0 Å². The molecule has 0 fully saturated rings. The standard InChI is InChI=1S/C19H20N2O3/c1-13-7-9-17(10-8-13)20-19(24)12-21(15(3)23)18-6-4-5-16(11-18)14(2)22/h4-11H,12H2,1-3H3,(H,20,24). The van der Waals surface area contributed by atoms with Crippen molar-refractivity contribution in [2.24, 2.45) is 0 Å². The number of anilines is 2. The van der Waals surface area contributed by atoms with Crippen molar-refractivity contribution in [3.63, 3.8) is 0 Å². The number of aryl methyl sites for hydroxylation is 1. The van der Waals surface area contributed by atoms with E-state index in [4.69, 9.17) is 0 Å². The first-order valence-electron chi connectivity index (χ1n) is 7.62. The lowest BCUT2D eigenvalue weighted by Gasteiger charge is -2.21. The fourth-order valence-corrected chi connectivity index (χ4v) is 2.26. The molecule has 0 aliphatic carbocycles. The average Bonchev–Trinajstić information content (AvgIpc) is 2.54. The minimum Gasteiger partial charge on any atom is -0.325 e. The van der Waals surface area contributed by atoms with Gasteiger partial charge in [0.1, 0.15) is 6.54 Å². The van der Waals surface area contributed by atoms with Crippen LogP contribution in [0.5, 0.6) is 0 Å². The van der Waals surface area contributed by atoms with Gasteiger partial charge in [0.15, 0.2) is 5.78 Å². The van der Waals surface area contributed by atoms with E-state index >= 15 is 0 Å². The van der Waals surface area contributed by atoms with Crippen LogP contribution in [-0.4, -0.2) is 24.1 Å². The van der Waals surface area contributed by atoms with Crippen LogP contribution in [0.3, 0.4) is 0 Å². The van der Waals surface area contributed by atoms with Gasteiger partial charge in [0.25, 0.3) is 0 Å². The third kappa shape index (κ3) is 4.52. The second-order valence-corrected chi connectivity index (χ2v) is 5.63. The molecule has 0 atom stereocenters. The second-order valence-electron chi connectivity index (χ2n) is 5.63. The van der Waals surface area contributed by atoms with E-state index in [1.54, 1.807) is 24.3 Å². The maximum atomic E-state index is 12.2. The van der Waals surface area contributed by atoms with Gasteiger partial charge in [-0.05, 0) is 38.1 Å². The zero-order valence-corrected chi connectivity index (χ0v) is 14.0. The van der Waals surface area contributed by atoms with E-state index < -0.39 is 0 Å². The van der Waals surface area contributed by atoms with Crippen LogP contribution in [0.15, 0.2) is 48.5 Å². The van der Waals surface area contributed by atoms with Crippen LogP contribution >= 0.6 is 0 Å². The molecule has 1 N–H and O–H groups in total. The van der Waals surface area contributed by atoms with Gasteiger partial charge in [-0.25, -0.2) is 0 Å². The van der Waals surface area contributed by atoms with Gasteiger partial charge < -0.3 is 10.2 Å². The van der Waals surface area contributed by atoms with Crippen molar-refractivity contribution in [1.29, 1.82) is 0 Å². The number of carbonyl (C=O) groups is 3. The molecule has 5 nitrogen and oxygen atoms in total. The van der Waals surface area contributed by atoms with Crippen LogP contribution in [0.4, 0.5) is 11.4 Å². The van der Waals surface area contributed by atoms with Gasteiger partial charge in [0.2, 0.25) is 11.8 Å². The number of hydrogen-bond acceptors (Lipinski definition) is 3. The van der Waals surface area contributed by atoms with E-state index in [0.29, 0.717) is 16.9 Å². The maximum Gasteiger partial charge on any atom is 0.244 e. The van der Waals surface area contributed by atoms with Crippen LogP contribution in [0, 0.1) is 6.92 Å². The molecule has 0 aromatic heterocycles. The molecule has 2 aromatic carbocycles. The number of rotatable bonds is 5. The minimum atomic E-state index is -0.303. The Bertz CT molecular complexity index is 766. The Hall–Kier alpha value is -2.95. The molecule has 5 heteroatoms. The van der Waals surface area contributed by atoms with Crippen molar-refractivity contribution in [3.8, 4) is 0 Å². The summed E-state index contributed by atoms with van der Waals surface area (Å²) in [4.78, 5) is 37.0. The Morgan fingerprint density at radius 1 is 1.00 bits per heavy atom. The molecule has 24 heavy (non-hydrogen) atoms. The summed E-state index contributed by atoms with van der Waals surface area (Å²) in [6.45, 7) is 4.69.